The molecule has 3 nitrogen and oxygen atoms in total. The van der Waals surface area contributed by atoms with Crippen LogP contribution in [0.4, 0.5) is 0 Å². The number of methoxy groups -OCH3 is 1. The first-order valence-electron chi connectivity index (χ1n) is 3.75. The average molecular weight is 146 g/mol. The fourth-order valence-electron chi connectivity index (χ4n) is 0.929. The van der Waals surface area contributed by atoms with E-state index in [2.05, 4.69) is 12.3 Å². The standard InChI is InChI=1S/C7H18N2O/c1-4-5-7(9-8)6(2)10-3/h6-7,9H,4-5,8H2,1-3H3. The molecule has 0 aliphatic rings. The number of nitrogens with one attached hydrogen (secondary N) is 1. The zero-order valence-corrected chi connectivity index (χ0v) is 7.05. The number of hydrogen-bond acceptors (Lipinski definition) is 3. The van der Waals surface area contributed by atoms with Crippen molar-refractivity contribution in [2.75, 3.05) is 7.11 Å². The molecular weight excluding hydrogens is 128 g/mol. The molecule has 0 aliphatic heterocycles. The minimum absolute atomic E-state index is 0.199. The lowest BCUT2D eigenvalue weighted by atomic mass is 10.1. The van der Waals surface area contributed by atoms with Gasteiger partial charge in [0.05, 0.1) is 6.10 Å². The van der Waals surface area contributed by atoms with Crippen LogP contribution in [0.5, 0.6) is 0 Å². The van der Waals surface area contributed by atoms with Gasteiger partial charge in [-0.3, -0.25) is 11.3 Å². The molecule has 0 spiro atoms. The predicted octanol–water partition coefficient (Wildman–Crippen LogP) is 0.653. The van der Waals surface area contributed by atoms with Crippen LogP contribution in [-0.4, -0.2) is 19.3 Å². The molecule has 0 aromatic rings. The van der Waals surface area contributed by atoms with E-state index < -0.39 is 0 Å². The second-order valence-electron chi connectivity index (χ2n) is 2.50. The Balaban J connectivity index is 3.56. The normalized spacial score (nSPS) is 16.8. The number of hydrazine groups is 1. The summed E-state index contributed by atoms with van der Waals surface area (Å²) in [6.45, 7) is 4.15. The van der Waals surface area contributed by atoms with E-state index >= 15 is 0 Å². The van der Waals surface area contributed by atoms with Gasteiger partial charge in [0, 0.05) is 13.2 Å². The van der Waals surface area contributed by atoms with Crippen molar-refractivity contribution in [1.29, 1.82) is 0 Å². The second kappa shape index (κ2) is 5.65. The predicted molar refractivity (Wildman–Crippen MR) is 42.5 cm³/mol. The fraction of sp³-hybridized carbons (Fsp3) is 1.00. The zero-order valence-electron chi connectivity index (χ0n) is 7.05. The molecule has 0 aromatic heterocycles. The van der Waals surface area contributed by atoms with Crippen molar-refractivity contribution < 1.29 is 4.74 Å². The molecule has 0 fully saturated rings. The van der Waals surface area contributed by atoms with E-state index in [1.807, 2.05) is 6.92 Å². The molecule has 2 atom stereocenters. The number of hydrogen-bond donors (Lipinski definition) is 2. The van der Waals surface area contributed by atoms with Gasteiger partial charge in [-0.15, -0.1) is 0 Å². The lowest BCUT2D eigenvalue weighted by molar-refractivity contribution is 0.0799. The minimum atomic E-state index is 0.199. The van der Waals surface area contributed by atoms with Crippen LogP contribution in [0.3, 0.4) is 0 Å². The van der Waals surface area contributed by atoms with Gasteiger partial charge in [-0.2, -0.15) is 0 Å². The Bertz CT molecular complexity index is 78.0. The van der Waals surface area contributed by atoms with E-state index in [9.17, 15) is 0 Å². The first-order valence-corrected chi connectivity index (χ1v) is 3.75. The third kappa shape index (κ3) is 3.15. The molecule has 0 rings (SSSR count). The smallest absolute Gasteiger partial charge is 0.0709 e. The van der Waals surface area contributed by atoms with Crippen molar-refractivity contribution in [2.45, 2.75) is 38.8 Å². The van der Waals surface area contributed by atoms with Crippen molar-refractivity contribution in [1.82, 2.24) is 5.43 Å². The lowest BCUT2D eigenvalue weighted by Gasteiger charge is -2.20. The summed E-state index contributed by atoms with van der Waals surface area (Å²) in [7, 11) is 1.70. The number of nitrogens with two attached hydrogens (primary N) is 1. The van der Waals surface area contributed by atoms with E-state index in [-0.39, 0.29) is 12.1 Å². The molecule has 10 heavy (non-hydrogen) atoms. The maximum Gasteiger partial charge on any atom is 0.0709 e. The van der Waals surface area contributed by atoms with E-state index in [0.29, 0.717) is 0 Å². The summed E-state index contributed by atoms with van der Waals surface area (Å²) in [5.74, 6) is 5.31. The van der Waals surface area contributed by atoms with Gasteiger partial charge in [-0.1, -0.05) is 13.3 Å². The molecule has 0 bridgehead atoms. The van der Waals surface area contributed by atoms with Crippen LogP contribution in [0.2, 0.25) is 0 Å². The highest BCUT2D eigenvalue weighted by Gasteiger charge is 2.12. The highest BCUT2D eigenvalue weighted by Crippen LogP contribution is 2.02. The Hall–Kier alpha value is -0.120. The van der Waals surface area contributed by atoms with Crippen LogP contribution in [0.1, 0.15) is 26.7 Å². The van der Waals surface area contributed by atoms with Gasteiger partial charge in [0.25, 0.3) is 0 Å². The lowest BCUT2D eigenvalue weighted by Crippen LogP contribution is -2.43. The first kappa shape index (κ1) is 9.88. The summed E-state index contributed by atoms with van der Waals surface area (Å²) >= 11 is 0. The highest BCUT2D eigenvalue weighted by atomic mass is 16.5. The Morgan fingerprint density at radius 3 is 2.50 bits per heavy atom. The Morgan fingerprint density at radius 1 is 1.60 bits per heavy atom. The Kier molecular flexibility index (Phi) is 5.58. The first-order chi connectivity index (χ1) is 4.76. The van der Waals surface area contributed by atoms with Gasteiger partial charge in [-0.05, 0) is 13.3 Å². The van der Waals surface area contributed by atoms with E-state index in [0.717, 1.165) is 12.8 Å². The maximum atomic E-state index is 5.31. The van der Waals surface area contributed by atoms with Crippen molar-refractivity contribution in [3.8, 4) is 0 Å². The molecule has 0 amide bonds. The molecule has 0 saturated heterocycles. The molecule has 0 saturated carbocycles. The molecule has 0 aliphatic carbocycles. The van der Waals surface area contributed by atoms with Crippen molar-refractivity contribution in [2.24, 2.45) is 5.84 Å². The van der Waals surface area contributed by atoms with Crippen LogP contribution >= 0.6 is 0 Å². The van der Waals surface area contributed by atoms with Gasteiger partial charge < -0.3 is 4.74 Å². The second-order valence-corrected chi connectivity index (χ2v) is 2.50. The molecular formula is C7H18N2O. The molecule has 62 valence electrons. The molecule has 0 aromatic carbocycles. The molecule has 3 N–H and O–H groups in total. The van der Waals surface area contributed by atoms with Gasteiger partial charge in [0.2, 0.25) is 0 Å². The maximum absolute atomic E-state index is 5.31. The van der Waals surface area contributed by atoms with Gasteiger partial charge in [-0.25, -0.2) is 0 Å². The van der Waals surface area contributed by atoms with E-state index in [1.165, 1.54) is 0 Å². The van der Waals surface area contributed by atoms with Crippen LogP contribution < -0.4 is 11.3 Å². The summed E-state index contributed by atoms with van der Waals surface area (Å²) in [5, 5.41) is 0. The molecule has 3 heteroatoms. The van der Waals surface area contributed by atoms with Crippen molar-refractivity contribution in [3.63, 3.8) is 0 Å². The fourth-order valence-corrected chi connectivity index (χ4v) is 0.929. The van der Waals surface area contributed by atoms with Gasteiger partial charge in [0.15, 0.2) is 0 Å². The number of ether oxygens (including phenoxy) is 1. The van der Waals surface area contributed by atoms with Crippen LogP contribution in [-0.2, 0) is 4.74 Å². The summed E-state index contributed by atoms with van der Waals surface area (Å²) < 4.78 is 5.11. The van der Waals surface area contributed by atoms with Gasteiger partial charge >= 0.3 is 0 Å². The van der Waals surface area contributed by atoms with Crippen molar-refractivity contribution >= 4 is 0 Å². The van der Waals surface area contributed by atoms with Crippen molar-refractivity contribution in [3.05, 3.63) is 0 Å². The average Bonchev–Trinajstić information content (AvgIpc) is 1.99. The Labute approximate surface area is 62.9 Å². The monoisotopic (exact) mass is 146 g/mol. The minimum Gasteiger partial charge on any atom is -0.380 e. The highest BCUT2D eigenvalue weighted by molar-refractivity contribution is 4.69. The van der Waals surface area contributed by atoms with Crippen LogP contribution in [0.25, 0.3) is 0 Å². The quantitative estimate of drug-likeness (QED) is 0.442. The topological polar surface area (TPSA) is 47.3 Å². The number of rotatable bonds is 5. The van der Waals surface area contributed by atoms with Crippen LogP contribution in [0.15, 0.2) is 0 Å². The van der Waals surface area contributed by atoms with E-state index in [1.54, 1.807) is 7.11 Å². The largest absolute Gasteiger partial charge is 0.380 e. The summed E-state index contributed by atoms with van der Waals surface area (Å²) in [6, 6.07) is 0.287. The molecule has 0 heterocycles. The SMILES string of the molecule is CCCC(NN)C(C)OC. The third-order valence-electron chi connectivity index (χ3n) is 1.75. The van der Waals surface area contributed by atoms with Gasteiger partial charge in [0.1, 0.15) is 0 Å². The molecule has 0 radical (unpaired) electrons. The third-order valence-corrected chi connectivity index (χ3v) is 1.75. The summed E-state index contributed by atoms with van der Waals surface area (Å²) in [6.07, 6.45) is 2.39. The van der Waals surface area contributed by atoms with E-state index in [4.69, 9.17) is 10.6 Å². The summed E-state index contributed by atoms with van der Waals surface area (Å²) in [4.78, 5) is 0. The Morgan fingerprint density at radius 2 is 2.20 bits per heavy atom. The summed E-state index contributed by atoms with van der Waals surface area (Å²) in [5.41, 5.74) is 2.73. The van der Waals surface area contributed by atoms with Crippen LogP contribution in [0, 0.1) is 0 Å². The zero-order chi connectivity index (χ0) is 7.98. The molecule has 2 unspecified atom stereocenters.